The van der Waals surface area contributed by atoms with Crippen LogP contribution in [0.15, 0.2) is 29.4 Å². The van der Waals surface area contributed by atoms with E-state index in [0.29, 0.717) is 24.1 Å². The molecule has 0 saturated carbocycles. The van der Waals surface area contributed by atoms with Crippen molar-refractivity contribution >= 4 is 17.2 Å². The minimum atomic E-state index is -0.163. The lowest BCUT2D eigenvalue weighted by Crippen LogP contribution is -2.26. The number of hydrogen-bond donors (Lipinski definition) is 2. The number of nitrogens with zero attached hydrogens (tertiary/aromatic N) is 2. The van der Waals surface area contributed by atoms with E-state index in [2.05, 4.69) is 27.1 Å². The van der Waals surface area contributed by atoms with Gasteiger partial charge in [-0.2, -0.15) is 0 Å². The Kier molecular flexibility index (Phi) is 5.24. The summed E-state index contributed by atoms with van der Waals surface area (Å²) in [7, 11) is 0. The third-order valence-electron chi connectivity index (χ3n) is 2.54. The van der Waals surface area contributed by atoms with E-state index in [-0.39, 0.29) is 12.5 Å². The number of nitrogens with one attached hydrogen (secondary N) is 1. The SMILES string of the molecule is NCC#Cc1cnccc1C(=O)NCCc1cscn1. The van der Waals surface area contributed by atoms with E-state index >= 15 is 0 Å². The molecule has 3 N–H and O–H groups in total. The summed E-state index contributed by atoms with van der Waals surface area (Å²) in [5.41, 5.74) is 9.19. The largest absolute Gasteiger partial charge is 0.352 e. The molecule has 0 aromatic carbocycles. The summed E-state index contributed by atoms with van der Waals surface area (Å²) in [5, 5.41) is 4.82. The van der Waals surface area contributed by atoms with Gasteiger partial charge in [-0.05, 0) is 6.07 Å². The molecule has 1 amide bonds. The molecule has 102 valence electrons. The van der Waals surface area contributed by atoms with Gasteiger partial charge in [-0.1, -0.05) is 11.8 Å². The Hall–Kier alpha value is -2.23. The molecule has 0 fully saturated rings. The number of aromatic nitrogens is 2. The molecule has 2 aromatic rings. The van der Waals surface area contributed by atoms with Gasteiger partial charge in [-0.15, -0.1) is 11.3 Å². The van der Waals surface area contributed by atoms with Gasteiger partial charge in [0.15, 0.2) is 0 Å². The first kappa shape index (κ1) is 14.2. The van der Waals surface area contributed by atoms with Gasteiger partial charge in [0.2, 0.25) is 0 Å². The molecular formula is C14H14N4OS. The van der Waals surface area contributed by atoms with E-state index < -0.39 is 0 Å². The maximum absolute atomic E-state index is 12.1. The molecule has 20 heavy (non-hydrogen) atoms. The van der Waals surface area contributed by atoms with Crippen molar-refractivity contribution in [2.24, 2.45) is 5.73 Å². The minimum Gasteiger partial charge on any atom is -0.352 e. The molecule has 0 radical (unpaired) electrons. The number of carbonyl (C=O) groups is 1. The van der Waals surface area contributed by atoms with E-state index in [9.17, 15) is 4.79 Å². The van der Waals surface area contributed by atoms with Crippen LogP contribution in [-0.2, 0) is 6.42 Å². The maximum Gasteiger partial charge on any atom is 0.252 e. The summed E-state index contributed by atoms with van der Waals surface area (Å²) in [5.74, 6) is 5.41. The fourth-order valence-corrected chi connectivity index (χ4v) is 2.19. The monoisotopic (exact) mass is 286 g/mol. The first-order chi connectivity index (χ1) is 9.81. The number of nitrogens with two attached hydrogens (primary N) is 1. The number of thiazole rings is 1. The normalized spacial score (nSPS) is 9.65. The highest BCUT2D eigenvalue weighted by Gasteiger charge is 2.09. The van der Waals surface area contributed by atoms with Crippen molar-refractivity contribution in [3.63, 3.8) is 0 Å². The number of rotatable bonds is 4. The topological polar surface area (TPSA) is 80.9 Å². The molecule has 0 aliphatic rings. The first-order valence-electron chi connectivity index (χ1n) is 6.09. The Morgan fingerprint density at radius 1 is 1.50 bits per heavy atom. The number of hydrogen-bond acceptors (Lipinski definition) is 5. The van der Waals surface area contributed by atoms with E-state index in [4.69, 9.17) is 5.73 Å². The van der Waals surface area contributed by atoms with Gasteiger partial charge in [0.1, 0.15) is 0 Å². The van der Waals surface area contributed by atoms with Crippen LogP contribution in [0.1, 0.15) is 21.6 Å². The maximum atomic E-state index is 12.1. The van der Waals surface area contributed by atoms with Gasteiger partial charge in [-0.25, -0.2) is 4.98 Å². The highest BCUT2D eigenvalue weighted by atomic mass is 32.1. The van der Waals surface area contributed by atoms with Crippen molar-refractivity contribution in [1.82, 2.24) is 15.3 Å². The van der Waals surface area contributed by atoms with Crippen molar-refractivity contribution in [3.8, 4) is 11.8 Å². The predicted octanol–water partition coefficient (Wildman–Crippen LogP) is 0.821. The molecule has 0 aliphatic heterocycles. The average Bonchev–Trinajstić information content (AvgIpc) is 2.98. The van der Waals surface area contributed by atoms with Crippen molar-refractivity contribution in [2.75, 3.05) is 13.1 Å². The summed E-state index contributed by atoms with van der Waals surface area (Å²) in [4.78, 5) is 20.2. The lowest BCUT2D eigenvalue weighted by molar-refractivity contribution is 0.0953. The predicted molar refractivity (Wildman–Crippen MR) is 78.3 cm³/mol. The lowest BCUT2D eigenvalue weighted by Gasteiger charge is -2.05. The first-order valence-corrected chi connectivity index (χ1v) is 7.03. The zero-order valence-electron chi connectivity index (χ0n) is 10.8. The van der Waals surface area contributed by atoms with E-state index in [1.54, 1.807) is 35.3 Å². The van der Waals surface area contributed by atoms with E-state index in [0.717, 1.165) is 5.69 Å². The summed E-state index contributed by atoms with van der Waals surface area (Å²) in [6.07, 6.45) is 3.85. The van der Waals surface area contributed by atoms with Crippen LogP contribution in [0, 0.1) is 11.8 Å². The molecule has 6 heteroatoms. The highest BCUT2D eigenvalue weighted by Crippen LogP contribution is 2.06. The third-order valence-corrected chi connectivity index (χ3v) is 3.18. The summed E-state index contributed by atoms with van der Waals surface area (Å²) in [6, 6.07) is 1.65. The quantitative estimate of drug-likeness (QED) is 0.815. The van der Waals surface area contributed by atoms with Crippen molar-refractivity contribution in [2.45, 2.75) is 6.42 Å². The van der Waals surface area contributed by atoms with Crippen LogP contribution < -0.4 is 11.1 Å². The minimum absolute atomic E-state index is 0.163. The lowest BCUT2D eigenvalue weighted by atomic mass is 10.1. The zero-order chi connectivity index (χ0) is 14.2. The molecule has 0 spiro atoms. The van der Waals surface area contributed by atoms with Crippen LogP contribution in [0.3, 0.4) is 0 Å². The Morgan fingerprint density at radius 2 is 2.40 bits per heavy atom. The zero-order valence-corrected chi connectivity index (χ0v) is 11.6. The molecule has 0 atom stereocenters. The van der Waals surface area contributed by atoms with Gasteiger partial charge in [0.25, 0.3) is 5.91 Å². The molecule has 0 bridgehead atoms. The smallest absolute Gasteiger partial charge is 0.252 e. The molecule has 5 nitrogen and oxygen atoms in total. The molecule has 0 aliphatic carbocycles. The number of pyridine rings is 1. The van der Waals surface area contributed by atoms with Gasteiger partial charge in [-0.3, -0.25) is 9.78 Å². The fraction of sp³-hybridized carbons (Fsp3) is 0.214. The van der Waals surface area contributed by atoms with Gasteiger partial charge in [0, 0.05) is 30.7 Å². The van der Waals surface area contributed by atoms with Crippen LogP contribution in [0.4, 0.5) is 0 Å². The van der Waals surface area contributed by atoms with Crippen LogP contribution in [0.5, 0.6) is 0 Å². The molecule has 0 saturated heterocycles. The number of carbonyl (C=O) groups excluding carboxylic acids is 1. The van der Waals surface area contributed by atoms with Crippen LogP contribution in [-0.4, -0.2) is 29.0 Å². The summed E-state index contributed by atoms with van der Waals surface area (Å²) in [6.45, 7) is 0.786. The standard InChI is InChI=1S/C14H14N4OS/c15-5-1-2-11-8-16-6-4-13(11)14(19)17-7-3-12-9-20-10-18-12/h4,6,8-10H,3,5,7,15H2,(H,17,19). The molecule has 2 aromatic heterocycles. The van der Waals surface area contributed by atoms with Gasteiger partial charge >= 0.3 is 0 Å². The second kappa shape index (κ2) is 7.38. The second-order valence-electron chi connectivity index (χ2n) is 3.91. The number of amides is 1. The van der Waals surface area contributed by atoms with Crippen LogP contribution in [0.25, 0.3) is 0 Å². The van der Waals surface area contributed by atoms with E-state index in [1.165, 1.54) is 0 Å². The Bertz CT molecular complexity index is 628. The van der Waals surface area contributed by atoms with Crippen molar-refractivity contribution in [1.29, 1.82) is 0 Å². The Morgan fingerprint density at radius 3 is 3.15 bits per heavy atom. The van der Waals surface area contributed by atoms with Crippen molar-refractivity contribution < 1.29 is 4.79 Å². The van der Waals surface area contributed by atoms with Gasteiger partial charge < -0.3 is 11.1 Å². The van der Waals surface area contributed by atoms with Gasteiger partial charge in [0.05, 0.1) is 28.9 Å². The van der Waals surface area contributed by atoms with Crippen LogP contribution >= 0.6 is 11.3 Å². The fourth-order valence-electron chi connectivity index (χ4n) is 1.60. The Balaban J connectivity index is 1.98. The average molecular weight is 286 g/mol. The molecule has 0 unspecified atom stereocenters. The molecular weight excluding hydrogens is 272 g/mol. The van der Waals surface area contributed by atoms with Crippen molar-refractivity contribution in [3.05, 3.63) is 46.2 Å². The van der Waals surface area contributed by atoms with E-state index in [1.807, 2.05) is 5.38 Å². The summed E-state index contributed by atoms with van der Waals surface area (Å²) < 4.78 is 0. The molecule has 2 rings (SSSR count). The third kappa shape index (κ3) is 3.88. The summed E-state index contributed by atoms with van der Waals surface area (Å²) >= 11 is 1.54. The van der Waals surface area contributed by atoms with Crippen LogP contribution in [0.2, 0.25) is 0 Å². The highest BCUT2D eigenvalue weighted by molar-refractivity contribution is 7.07. The second-order valence-corrected chi connectivity index (χ2v) is 4.63. The Labute approximate surface area is 121 Å². The molecule has 2 heterocycles.